The van der Waals surface area contributed by atoms with Crippen molar-refractivity contribution in [1.29, 1.82) is 0 Å². The van der Waals surface area contributed by atoms with Gasteiger partial charge in [-0.15, -0.1) is 0 Å². The highest BCUT2D eigenvalue weighted by Crippen LogP contribution is 2.33. The third-order valence-electron chi connectivity index (χ3n) is 2.01. The van der Waals surface area contributed by atoms with Crippen molar-refractivity contribution in [2.24, 2.45) is 0 Å². The van der Waals surface area contributed by atoms with Gasteiger partial charge in [-0.3, -0.25) is 0 Å². The van der Waals surface area contributed by atoms with Crippen LogP contribution in [0.3, 0.4) is 0 Å². The fraction of sp³-hybridized carbons (Fsp3) is 0.455. The average molecular weight is 186 g/mol. The number of ether oxygens (including phenoxy) is 1. The number of hydrogen-bond donors (Lipinski definition) is 1. The van der Waals surface area contributed by atoms with Gasteiger partial charge >= 0.3 is 0 Å². The van der Waals surface area contributed by atoms with Gasteiger partial charge in [0.1, 0.15) is 11.5 Å². The smallest absolute Gasteiger partial charge is 0.119 e. The first-order valence-corrected chi connectivity index (χ1v) is 4.32. The Balaban J connectivity index is 3.19. The molecule has 0 unspecified atom stereocenters. The Hall–Kier alpha value is -1.18. The van der Waals surface area contributed by atoms with E-state index < -0.39 is 0 Å². The lowest BCUT2D eigenvalue weighted by molar-refractivity contribution is 0.405. The molecule has 1 N–H and O–H groups in total. The van der Waals surface area contributed by atoms with Gasteiger partial charge in [-0.25, -0.2) is 0 Å². The summed E-state index contributed by atoms with van der Waals surface area (Å²) in [5.41, 5.74) is 0.852. The summed E-state index contributed by atoms with van der Waals surface area (Å²) in [5.74, 6) is 1.11. The van der Waals surface area contributed by atoms with E-state index in [-0.39, 0.29) is 5.41 Å². The fourth-order valence-electron chi connectivity index (χ4n) is 1.24. The maximum Gasteiger partial charge on any atom is 0.119 e. The van der Waals surface area contributed by atoms with E-state index in [4.69, 9.17) is 4.74 Å². The highest BCUT2D eigenvalue weighted by Gasteiger charge is 2.18. The molecule has 0 bridgehead atoms. The Morgan fingerprint density at radius 3 is 2.31 bits per heavy atom. The molecule has 0 saturated heterocycles. The van der Waals surface area contributed by atoms with E-state index in [9.17, 15) is 5.11 Å². The van der Waals surface area contributed by atoms with E-state index in [1.807, 2.05) is 6.07 Å². The standard InChI is InChI=1S/C11H16O2/c1-11(2,3)9-7-8(13-4)5-6-10(9)12/h5-7,12H,1-4H3/i5+1,6+1,7+1,8+1,9+1,10+1. The second kappa shape index (κ2) is 3.29. The van der Waals surface area contributed by atoms with E-state index in [1.54, 1.807) is 19.2 Å². The van der Waals surface area contributed by atoms with Crippen LogP contribution in [0.25, 0.3) is 0 Å². The summed E-state index contributed by atoms with van der Waals surface area (Å²) in [6.45, 7) is 6.17. The zero-order valence-corrected chi connectivity index (χ0v) is 8.59. The van der Waals surface area contributed by atoms with Crippen LogP contribution in [0.2, 0.25) is 0 Å². The van der Waals surface area contributed by atoms with Crippen molar-refractivity contribution in [1.82, 2.24) is 0 Å². The Morgan fingerprint density at radius 1 is 1.23 bits per heavy atom. The second-order valence-electron chi connectivity index (χ2n) is 4.13. The van der Waals surface area contributed by atoms with Gasteiger partial charge in [0, 0.05) is 5.56 Å². The van der Waals surface area contributed by atoms with Crippen LogP contribution in [0.1, 0.15) is 26.3 Å². The minimum atomic E-state index is -0.0569. The summed E-state index contributed by atoms with van der Waals surface area (Å²) in [7, 11) is 1.62. The molecule has 0 fully saturated rings. The number of hydrogen-bond acceptors (Lipinski definition) is 2. The van der Waals surface area contributed by atoms with Crippen LogP contribution in [0, 0.1) is 0 Å². The first kappa shape index (κ1) is 9.90. The number of phenols is 1. The van der Waals surface area contributed by atoms with Gasteiger partial charge in [-0.05, 0) is 23.6 Å². The Kier molecular flexibility index (Phi) is 2.50. The van der Waals surface area contributed by atoms with E-state index in [0.29, 0.717) is 5.75 Å². The molecule has 0 aliphatic heterocycles. The van der Waals surface area contributed by atoms with Crippen molar-refractivity contribution in [2.75, 3.05) is 7.11 Å². The third-order valence-corrected chi connectivity index (χ3v) is 2.01. The van der Waals surface area contributed by atoms with Gasteiger partial charge < -0.3 is 9.84 Å². The van der Waals surface area contributed by atoms with Crippen molar-refractivity contribution in [2.45, 2.75) is 26.2 Å². The van der Waals surface area contributed by atoms with E-state index in [0.717, 1.165) is 11.3 Å². The van der Waals surface area contributed by atoms with Crippen molar-refractivity contribution < 1.29 is 9.84 Å². The zero-order valence-electron chi connectivity index (χ0n) is 8.59. The summed E-state index contributed by atoms with van der Waals surface area (Å²) in [5, 5.41) is 9.61. The molecular weight excluding hydrogens is 170 g/mol. The summed E-state index contributed by atoms with van der Waals surface area (Å²) in [6, 6.07) is 5.29. The number of aromatic hydroxyl groups is 1. The van der Waals surface area contributed by atoms with Crippen molar-refractivity contribution in [3.8, 4) is 11.5 Å². The number of rotatable bonds is 1. The van der Waals surface area contributed by atoms with Crippen LogP contribution in [-0.2, 0) is 5.41 Å². The molecule has 0 saturated carbocycles. The number of phenolic OH excluding ortho intramolecular Hbond substituents is 1. The van der Waals surface area contributed by atoms with Gasteiger partial charge in [0.25, 0.3) is 0 Å². The predicted octanol–water partition coefficient (Wildman–Crippen LogP) is 2.70. The minimum Gasteiger partial charge on any atom is -0.508 e. The average Bonchev–Trinajstić information content (AvgIpc) is 2.03. The Morgan fingerprint density at radius 2 is 1.85 bits per heavy atom. The van der Waals surface area contributed by atoms with Crippen LogP contribution in [0.4, 0.5) is 0 Å². The zero-order chi connectivity index (χ0) is 10.1. The minimum absolute atomic E-state index is 0.0569. The topological polar surface area (TPSA) is 29.5 Å². The molecule has 0 spiro atoms. The lowest BCUT2D eigenvalue weighted by atomic mass is 10.1. The first-order chi connectivity index (χ1) is 5.95. The van der Waals surface area contributed by atoms with E-state index >= 15 is 0 Å². The van der Waals surface area contributed by atoms with Gasteiger partial charge in [-0.1, -0.05) is 20.8 Å². The van der Waals surface area contributed by atoms with E-state index in [2.05, 4.69) is 20.8 Å². The summed E-state index contributed by atoms with van der Waals surface area (Å²) in [4.78, 5) is 0. The fourth-order valence-corrected chi connectivity index (χ4v) is 1.24. The number of methoxy groups -OCH3 is 1. The highest BCUT2D eigenvalue weighted by molar-refractivity contribution is 5.43. The quantitative estimate of drug-likeness (QED) is 0.730. The van der Waals surface area contributed by atoms with Crippen molar-refractivity contribution in [3.63, 3.8) is 0 Å². The number of benzene rings is 1. The molecule has 1 aromatic rings. The molecular formula is C11H16O2. The van der Waals surface area contributed by atoms with Gasteiger partial charge in [0.2, 0.25) is 0 Å². The third kappa shape index (κ3) is 2.14. The molecule has 2 nitrogen and oxygen atoms in total. The van der Waals surface area contributed by atoms with Crippen LogP contribution >= 0.6 is 0 Å². The molecule has 0 aromatic heterocycles. The molecule has 0 aliphatic rings. The van der Waals surface area contributed by atoms with Gasteiger partial charge in [0.15, 0.2) is 0 Å². The van der Waals surface area contributed by atoms with Crippen molar-refractivity contribution >= 4 is 0 Å². The lowest BCUT2D eigenvalue weighted by Crippen LogP contribution is -2.11. The normalized spacial score (nSPS) is 11.4. The molecule has 0 radical (unpaired) electrons. The molecule has 0 aliphatic carbocycles. The highest BCUT2D eigenvalue weighted by atomic mass is 16.5. The van der Waals surface area contributed by atoms with E-state index in [1.165, 1.54) is 0 Å². The molecule has 2 heteroatoms. The van der Waals surface area contributed by atoms with Crippen LogP contribution in [-0.4, -0.2) is 12.2 Å². The Labute approximate surface area is 79.2 Å². The SMILES string of the molecule is CO[13c]1[13cH][13cH][13c](O)[13c](C(C)(C)C)[13cH]1. The van der Waals surface area contributed by atoms with Crippen LogP contribution < -0.4 is 4.74 Å². The first-order valence-electron chi connectivity index (χ1n) is 4.32. The van der Waals surface area contributed by atoms with Gasteiger partial charge in [0.05, 0.1) is 7.11 Å². The molecule has 0 amide bonds. The summed E-state index contributed by atoms with van der Waals surface area (Å²) >= 11 is 0. The summed E-state index contributed by atoms with van der Waals surface area (Å²) < 4.78 is 5.09. The molecule has 72 valence electrons. The summed E-state index contributed by atoms with van der Waals surface area (Å²) in [6.07, 6.45) is 0. The largest absolute Gasteiger partial charge is 0.508 e. The Bertz CT molecular complexity index is 297. The molecule has 1 aromatic carbocycles. The predicted molar refractivity (Wildman–Crippen MR) is 53.4 cm³/mol. The second-order valence-corrected chi connectivity index (χ2v) is 4.13. The van der Waals surface area contributed by atoms with Crippen molar-refractivity contribution in [3.05, 3.63) is 23.8 Å². The maximum absolute atomic E-state index is 9.61. The van der Waals surface area contributed by atoms with Gasteiger partial charge in [-0.2, -0.15) is 0 Å². The molecule has 0 heterocycles. The molecule has 1 rings (SSSR count). The van der Waals surface area contributed by atoms with Crippen LogP contribution in [0.15, 0.2) is 18.2 Å². The maximum atomic E-state index is 9.61. The molecule has 0 atom stereocenters. The monoisotopic (exact) mass is 186 g/mol. The lowest BCUT2D eigenvalue weighted by Gasteiger charge is -2.20. The molecule has 13 heavy (non-hydrogen) atoms. The van der Waals surface area contributed by atoms with Crippen LogP contribution in [0.5, 0.6) is 11.5 Å².